The van der Waals surface area contributed by atoms with Crippen molar-refractivity contribution < 1.29 is 13.9 Å². The van der Waals surface area contributed by atoms with Crippen molar-refractivity contribution in [3.8, 4) is 5.75 Å². The normalized spacial score (nSPS) is 11.9. The van der Waals surface area contributed by atoms with Gasteiger partial charge in [-0.25, -0.2) is 9.37 Å². The number of carbonyl (C=O) groups excluding carboxylic acids is 1. The third-order valence-corrected chi connectivity index (χ3v) is 4.98. The SMILES string of the molecule is Cn1ccnc1C(NC(=O)COc1cc(Cl)c(Cl)cc1Cl)c1ccc(F)cc1. The zero-order valence-electron chi connectivity index (χ0n) is 14.6. The van der Waals surface area contributed by atoms with Crippen LogP contribution in [0, 0.1) is 5.82 Å². The van der Waals surface area contributed by atoms with Gasteiger partial charge in [0.05, 0.1) is 15.1 Å². The molecule has 1 N–H and O–H groups in total. The first-order chi connectivity index (χ1) is 13.3. The van der Waals surface area contributed by atoms with Crippen LogP contribution >= 0.6 is 34.8 Å². The molecule has 2 aromatic carbocycles. The average Bonchev–Trinajstić information content (AvgIpc) is 3.08. The predicted molar refractivity (Wildman–Crippen MR) is 107 cm³/mol. The second-order valence-corrected chi connectivity index (χ2v) is 7.16. The van der Waals surface area contributed by atoms with Crippen molar-refractivity contribution in [1.82, 2.24) is 14.9 Å². The number of nitrogens with one attached hydrogen (secondary N) is 1. The van der Waals surface area contributed by atoms with Gasteiger partial charge >= 0.3 is 0 Å². The topological polar surface area (TPSA) is 56.2 Å². The summed E-state index contributed by atoms with van der Waals surface area (Å²) in [7, 11) is 1.80. The van der Waals surface area contributed by atoms with Crippen LogP contribution in [0.2, 0.25) is 15.1 Å². The largest absolute Gasteiger partial charge is 0.482 e. The molecule has 0 aliphatic carbocycles. The molecule has 0 spiro atoms. The summed E-state index contributed by atoms with van der Waals surface area (Å²) in [5, 5.41) is 3.63. The van der Waals surface area contributed by atoms with E-state index in [1.165, 1.54) is 24.3 Å². The molecule has 3 rings (SSSR count). The molecule has 1 heterocycles. The Morgan fingerprint density at radius 1 is 1.18 bits per heavy atom. The summed E-state index contributed by atoms with van der Waals surface area (Å²) in [6, 6.07) is 8.12. The zero-order chi connectivity index (χ0) is 20.3. The lowest BCUT2D eigenvalue weighted by Gasteiger charge is -2.19. The van der Waals surface area contributed by atoms with E-state index in [1.807, 2.05) is 0 Å². The van der Waals surface area contributed by atoms with Crippen LogP contribution in [0.25, 0.3) is 0 Å². The molecule has 0 radical (unpaired) electrons. The minimum atomic E-state index is -0.582. The first-order valence-electron chi connectivity index (χ1n) is 8.14. The maximum Gasteiger partial charge on any atom is 0.258 e. The van der Waals surface area contributed by atoms with E-state index < -0.39 is 11.9 Å². The van der Waals surface area contributed by atoms with Crippen molar-refractivity contribution >= 4 is 40.7 Å². The first kappa shape index (κ1) is 20.5. The Bertz CT molecular complexity index is 993. The lowest BCUT2D eigenvalue weighted by atomic mass is 10.1. The first-order valence-corrected chi connectivity index (χ1v) is 9.28. The Morgan fingerprint density at radius 2 is 1.86 bits per heavy atom. The van der Waals surface area contributed by atoms with Crippen molar-refractivity contribution in [3.63, 3.8) is 0 Å². The maximum atomic E-state index is 13.3. The molecule has 0 aliphatic heterocycles. The van der Waals surface area contributed by atoms with Gasteiger partial charge in [-0.1, -0.05) is 46.9 Å². The fourth-order valence-electron chi connectivity index (χ4n) is 2.57. The number of halogens is 4. The van der Waals surface area contributed by atoms with Gasteiger partial charge in [0.1, 0.15) is 23.4 Å². The zero-order valence-corrected chi connectivity index (χ0v) is 16.9. The molecule has 0 fully saturated rings. The van der Waals surface area contributed by atoms with E-state index in [0.29, 0.717) is 11.4 Å². The number of hydrogen-bond acceptors (Lipinski definition) is 3. The van der Waals surface area contributed by atoms with Crippen LogP contribution in [0.15, 0.2) is 48.8 Å². The predicted octanol–water partition coefficient (Wildman–Crippen LogP) is 4.80. The standard InChI is InChI=1S/C19H15Cl3FN3O2/c1-26-7-6-24-19(26)18(11-2-4-12(23)5-3-11)25-17(27)10-28-16-9-14(21)13(20)8-15(16)22/h2-9,18H,10H2,1H3,(H,25,27). The molecule has 1 amide bonds. The van der Waals surface area contributed by atoms with Crippen LogP contribution in [0.4, 0.5) is 4.39 Å². The molecule has 1 unspecified atom stereocenters. The van der Waals surface area contributed by atoms with Gasteiger partial charge in [0.2, 0.25) is 0 Å². The Balaban J connectivity index is 1.76. The molecule has 1 aromatic heterocycles. The van der Waals surface area contributed by atoms with Gasteiger partial charge in [0.15, 0.2) is 6.61 Å². The van der Waals surface area contributed by atoms with Gasteiger partial charge in [-0.2, -0.15) is 0 Å². The van der Waals surface area contributed by atoms with Crippen LogP contribution in [0.1, 0.15) is 17.4 Å². The van der Waals surface area contributed by atoms with Gasteiger partial charge in [0, 0.05) is 25.5 Å². The van der Waals surface area contributed by atoms with Crippen LogP contribution in [0.5, 0.6) is 5.75 Å². The fraction of sp³-hybridized carbons (Fsp3) is 0.158. The maximum absolute atomic E-state index is 13.3. The van der Waals surface area contributed by atoms with E-state index in [4.69, 9.17) is 39.5 Å². The summed E-state index contributed by atoms with van der Waals surface area (Å²) in [4.78, 5) is 16.8. The van der Waals surface area contributed by atoms with Crippen LogP contribution in [-0.2, 0) is 11.8 Å². The number of carbonyl (C=O) groups is 1. The summed E-state index contributed by atoms with van der Waals surface area (Å²) in [6.45, 7) is -0.306. The van der Waals surface area contributed by atoms with Crippen LogP contribution in [0.3, 0.4) is 0 Å². The van der Waals surface area contributed by atoms with Gasteiger partial charge < -0.3 is 14.6 Å². The van der Waals surface area contributed by atoms with Gasteiger partial charge in [-0.3, -0.25) is 4.79 Å². The van der Waals surface area contributed by atoms with Crippen molar-refractivity contribution in [2.24, 2.45) is 7.05 Å². The molecule has 0 aliphatic rings. The summed E-state index contributed by atoms with van der Waals surface area (Å²) in [5.74, 6) is 0.0415. The second-order valence-electron chi connectivity index (χ2n) is 5.93. The van der Waals surface area contributed by atoms with Crippen LogP contribution < -0.4 is 10.1 Å². The van der Waals surface area contributed by atoms with Crippen molar-refractivity contribution in [2.45, 2.75) is 6.04 Å². The summed E-state index contributed by atoms with van der Waals surface area (Å²) < 4.78 is 20.5. The number of nitrogens with zero attached hydrogens (tertiary/aromatic N) is 2. The van der Waals surface area contributed by atoms with E-state index in [2.05, 4.69) is 10.3 Å². The molecule has 0 bridgehead atoms. The number of imidazole rings is 1. The Labute approximate surface area is 176 Å². The summed E-state index contributed by atoms with van der Waals surface area (Å²) in [5.41, 5.74) is 0.677. The van der Waals surface area contributed by atoms with E-state index in [9.17, 15) is 9.18 Å². The minimum Gasteiger partial charge on any atom is -0.482 e. The number of benzene rings is 2. The molecular formula is C19H15Cl3FN3O2. The van der Waals surface area contributed by atoms with Gasteiger partial charge in [-0.15, -0.1) is 0 Å². The van der Waals surface area contributed by atoms with Crippen molar-refractivity contribution in [2.75, 3.05) is 6.61 Å². The van der Waals surface area contributed by atoms with E-state index in [1.54, 1.807) is 36.1 Å². The molecule has 28 heavy (non-hydrogen) atoms. The molecular weight excluding hydrogens is 428 g/mol. The average molecular weight is 443 g/mol. The molecule has 5 nitrogen and oxygen atoms in total. The molecule has 9 heteroatoms. The number of aromatic nitrogens is 2. The third kappa shape index (κ3) is 4.76. The molecule has 146 valence electrons. The highest BCUT2D eigenvalue weighted by atomic mass is 35.5. The van der Waals surface area contributed by atoms with E-state index >= 15 is 0 Å². The highest BCUT2D eigenvalue weighted by Crippen LogP contribution is 2.33. The second kappa shape index (κ2) is 8.82. The number of aryl methyl sites for hydroxylation is 1. The Morgan fingerprint density at radius 3 is 2.50 bits per heavy atom. The van der Waals surface area contributed by atoms with Crippen molar-refractivity contribution in [3.05, 3.63) is 81.1 Å². The number of hydrogen-bond donors (Lipinski definition) is 1. The summed E-state index contributed by atoms with van der Waals surface area (Å²) in [6.07, 6.45) is 3.37. The van der Waals surface area contributed by atoms with E-state index in [0.717, 1.165) is 0 Å². The number of rotatable bonds is 6. The van der Waals surface area contributed by atoms with E-state index in [-0.39, 0.29) is 33.2 Å². The van der Waals surface area contributed by atoms with Crippen LogP contribution in [-0.4, -0.2) is 22.1 Å². The third-order valence-electron chi connectivity index (χ3n) is 3.96. The fourth-order valence-corrected chi connectivity index (χ4v) is 3.16. The lowest BCUT2D eigenvalue weighted by molar-refractivity contribution is -0.123. The Hall–Kier alpha value is -2.28. The smallest absolute Gasteiger partial charge is 0.258 e. The number of ether oxygens (including phenoxy) is 1. The monoisotopic (exact) mass is 441 g/mol. The summed E-state index contributed by atoms with van der Waals surface area (Å²) >= 11 is 17.9. The Kier molecular flexibility index (Phi) is 6.44. The van der Waals surface area contributed by atoms with Gasteiger partial charge in [-0.05, 0) is 23.8 Å². The lowest BCUT2D eigenvalue weighted by Crippen LogP contribution is -2.34. The highest BCUT2D eigenvalue weighted by molar-refractivity contribution is 6.43. The molecule has 3 aromatic rings. The minimum absolute atomic E-state index is 0.237. The number of amides is 1. The molecule has 0 saturated heterocycles. The molecule has 1 atom stereocenters. The molecule has 0 saturated carbocycles. The van der Waals surface area contributed by atoms with Gasteiger partial charge in [0.25, 0.3) is 5.91 Å². The quantitative estimate of drug-likeness (QED) is 0.558. The highest BCUT2D eigenvalue weighted by Gasteiger charge is 2.21. The van der Waals surface area contributed by atoms with Crippen molar-refractivity contribution in [1.29, 1.82) is 0 Å².